The second-order valence-corrected chi connectivity index (χ2v) is 8.61. The molecule has 0 radical (unpaired) electrons. The number of rotatable bonds is 5. The Morgan fingerprint density at radius 3 is 2.39 bits per heavy atom. The molecule has 0 atom stereocenters. The van der Waals surface area contributed by atoms with Crippen molar-refractivity contribution in [2.45, 2.75) is 39.7 Å². The quantitative estimate of drug-likeness (QED) is 0.460. The van der Waals surface area contributed by atoms with Gasteiger partial charge in [-0.05, 0) is 53.8 Å². The number of pyridine rings is 2. The summed E-state index contributed by atoms with van der Waals surface area (Å²) in [4.78, 5) is 18.6. The third kappa shape index (κ3) is 4.54. The number of aryl methyl sites for hydroxylation is 1. The number of hydrogen-bond acceptors (Lipinski definition) is 6. The number of nitrogens with zero attached hydrogens (tertiary/aromatic N) is 4. The molecule has 0 amide bonds. The molecule has 4 aromatic rings. The maximum atomic E-state index is 5.28. The van der Waals surface area contributed by atoms with E-state index in [2.05, 4.69) is 65.3 Å². The lowest BCUT2D eigenvalue weighted by Crippen LogP contribution is -2.10. The summed E-state index contributed by atoms with van der Waals surface area (Å²) in [5.41, 5.74) is 5.66. The van der Waals surface area contributed by atoms with Crippen molar-refractivity contribution in [1.29, 1.82) is 0 Å². The van der Waals surface area contributed by atoms with Crippen LogP contribution in [0.5, 0.6) is 0 Å². The normalized spacial score (nSPS) is 11.6. The van der Waals surface area contributed by atoms with Crippen molar-refractivity contribution >= 4 is 22.5 Å². The fourth-order valence-electron chi connectivity index (χ4n) is 3.42. The van der Waals surface area contributed by atoms with Crippen LogP contribution in [-0.4, -0.2) is 27.0 Å². The highest BCUT2D eigenvalue weighted by Crippen LogP contribution is 2.28. The molecule has 0 aliphatic heterocycles. The van der Waals surface area contributed by atoms with Gasteiger partial charge in [-0.25, -0.2) is 15.0 Å². The molecule has 0 aliphatic rings. The van der Waals surface area contributed by atoms with Gasteiger partial charge in [0, 0.05) is 19.0 Å². The zero-order chi connectivity index (χ0) is 22.0. The molecule has 0 saturated carbocycles. The molecule has 3 aromatic heterocycles. The number of hydrogen-bond donors (Lipinski definition) is 1. The molecule has 0 fully saturated rings. The summed E-state index contributed by atoms with van der Waals surface area (Å²) in [5, 5.41) is 4.28. The number of nitrogens with one attached hydrogen (secondary N) is 1. The van der Waals surface area contributed by atoms with Gasteiger partial charge in [0.05, 0.1) is 16.8 Å². The van der Waals surface area contributed by atoms with E-state index in [1.165, 1.54) is 5.56 Å². The minimum absolute atomic E-state index is 0.107. The average Bonchev–Trinajstić information content (AvgIpc) is 2.74. The lowest BCUT2D eigenvalue weighted by atomic mass is 9.87. The van der Waals surface area contributed by atoms with Gasteiger partial charge >= 0.3 is 0 Å². The van der Waals surface area contributed by atoms with Crippen LogP contribution in [0.15, 0.2) is 54.7 Å². The van der Waals surface area contributed by atoms with Gasteiger partial charge in [0.1, 0.15) is 12.4 Å². The summed E-state index contributed by atoms with van der Waals surface area (Å²) in [5.74, 6) is 1.28. The molecular formula is C25H27N5O. The molecule has 4 rings (SSSR count). The zero-order valence-electron chi connectivity index (χ0n) is 18.6. The first-order chi connectivity index (χ1) is 14.8. The number of fused-ring (bicyclic) bond motifs is 1. The summed E-state index contributed by atoms with van der Waals surface area (Å²) in [6.45, 7) is 8.95. The topological polar surface area (TPSA) is 72.8 Å². The number of aromatic nitrogens is 4. The molecular weight excluding hydrogens is 386 g/mol. The smallest absolute Gasteiger partial charge is 0.165 e. The molecule has 6 heteroatoms. The number of methoxy groups -OCH3 is 1. The van der Waals surface area contributed by atoms with Crippen molar-refractivity contribution in [1.82, 2.24) is 19.9 Å². The monoisotopic (exact) mass is 413 g/mol. The lowest BCUT2D eigenvalue weighted by molar-refractivity contribution is 0.178. The summed E-state index contributed by atoms with van der Waals surface area (Å²) in [7, 11) is 1.63. The van der Waals surface area contributed by atoms with Crippen LogP contribution in [0.3, 0.4) is 0 Å². The summed E-state index contributed by atoms with van der Waals surface area (Å²) in [6, 6.07) is 16.3. The highest BCUT2D eigenvalue weighted by Gasteiger charge is 2.15. The van der Waals surface area contributed by atoms with Crippen molar-refractivity contribution in [3.8, 4) is 11.4 Å². The number of benzene rings is 1. The number of ether oxygens (including phenoxy) is 1. The Morgan fingerprint density at radius 2 is 1.71 bits per heavy atom. The minimum atomic E-state index is 0.107. The molecule has 31 heavy (non-hydrogen) atoms. The highest BCUT2D eigenvalue weighted by molar-refractivity contribution is 5.90. The van der Waals surface area contributed by atoms with Gasteiger partial charge in [-0.3, -0.25) is 4.98 Å². The largest absolute Gasteiger partial charge is 0.377 e. The number of anilines is 2. The Labute approximate surface area is 182 Å². The molecule has 3 heterocycles. The van der Waals surface area contributed by atoms with Gasteiger partial charge in [-0.2, -0.15) is 0 Å². The van der Waals surface area contributed by atoms with E-state index in [0.717, 1.165) is 28.0 Å². The van der Waals surface area contributed by atoms with E-state index >= 15 is 0 Å². The van der Waals surface area contributed by atoms with E-state index in [-0.39, 0.29) is 5.41 Å². The molecule has 0 spiro atoms. The van der Waals surface area contributed by atoms with Crippen molar-refractivity contribution < 1.29 is 4.74 Å². The van der Waals surface area contributed by atoms with Gasteiger partial charge in [0.15, 0.2) is 11.5 Å². The van der Waals surface area contributed by atoms with Gasteiger partial charge in [-0.1, -0.05) is 39.0 Å². The van der Waals surface area contributed by atoms with Gasteiger partial charge < -0.3 is 10.1 Å². The molecule has 0 saturated heterocycles. The molecule has 0 unspecified atom stereocenters. The summed E-state index contributed by atoms with van der Waals surface area (Å²) >= 11 is 0. The predicted octanol–water partition coefficient (Wildman–Crippen LogP) is 5.58. The van der Waals surface area contributed by atoms with E-state index in [0.29, 0.717) is 23.9 Å². The molecule has 1 aromatic carbocycles. The molecule has 0 aliphatic carbocycles. The Bertz CT molecular complexity index is 1210. The van der Waals surface area contributed by atoms with Crippen molar-refractivity contribution in [2.75, 3.05) is 12.4 Å². The molecule has 1 N–H and O–H groups in total. The van der Waals surface area contributed by atoms with Gasteiger partial charge in [-0.15, -0.1) is 0 Å². The van der Waals surface area contributed by atoms with Gasteiger partial charge in [0.2, 0.25) is 0 Å². The van der Waals surface area contributed by atoms with E-state index in [1.807, 2.05) is 31.2 Å². The zero-order valence-corrected chi connectivity index (χ0v) is 18.6. The standard InChI is InChI=1S/C25H27N5O/c1-16-7-6-14-26-22(16)20-13-12-19-23(29-21(15-31-5)30-24(19)28-20)27-18-10-8-17(9-11-18)25(2,3)4/h6-14H,15H2,1-5H3,(H,27,28,29,30). The first-order valence-electron chi connectivity index (χ1n) is 10.3. The van der Waals surface area contributed by atoms with Crippen molar-refractivity contribution in [3.05, 3.63) is 71.7 Å². The fraction of sp³-hybridized carbons (Fsp3) is 0.280. The van der Waals surface area contributed by atoms with E-state index in [4.69, 9.17) is 9.72 Å². The minimum Gasteiger partial charge on any atom is -0.377 e. The molecule has 0 bridgehead atoms. The van der Waals surface area contributed by atoms with Crippen LogP contribution in [0, 0.1) is 6.92 Å². The fourth-order valence-corrected chi connectivity index (χ4v) is 3.42. The predicted molar refractivity (Wildman–Crippen MR) is 124 cm³/mol. The van der Waals surface area contributed by atoms with E-state index in [9.17, 15) is 0 Å². The van der Waals surface area contributed by atoms with Crippen LogP contribution >= 0.6 is 0 Å². The van der Waals surface area contributed by atoms with Gasteiger partial charge in [0.25, 0.3) is 0 Å². The van der Waals surface area contributed by atoms with E-state index < -0.39 is 0 Å². The maximum absolute atomic E-state index is 5.28. The van der Waals surface area contributed by atoms with E-state index in [1.54, 1.807) is 13.3 Å². The Balaban J connectivity index is 1.76. The van der Waals surface area contributed by atoms with Crippen LogP contribution in [0.4, 0.5) is 11.5 Å². The Morgan fingerprint density at radius 1 is 0.935 bits per heavy atom. The first kappa shape index (κ1) is 20.9. The SMILES string of the molecule is COCc1nc(Nc2ccc(C(C)(C)C)cc2)c2ccc(-c3ncccc3C)nc2n1. The van der Waals surface area contributed by atoms with Crippen LogP contribution in [0.25, 0.3) is 22.4 Å². The second-order valence-electron chi connectivity index (χ2n) is 8.61. The van der Waals surface area contributed by atoms with Crippen LogP contribution < -0.4 is 5.32 Å². The maximum Gasteiger partial charge on any atom is 0.165 e. The van der Waals surface area contributed by atoms with Crippen molar-refractivity contribution in [2.24, 2.45) is 0 Å². The third-order valence-electron chi connectivity index (χ3n) is 5.15. The second kappa shape index (κ2) is 8.40. The highest BCUT2D eigenvalue weighted by atomic mass is 16.5. The van der Waals surface area contributed by atoms with Crippen LogP contribution in [-0.2, 0) is 16.8 Å². The van der Waals surface area contributed by atoms with Crippen LogP contribution in [0.2, 0.25) is 0 Å². The third-order valence-corrected chi connectivity index (χ3v) is 5.15. The average molecular weight is 414 g/mol. The molecule has 6 nitrogen and oxygen atoms in total. The lowest BCUT2D eigenvalue weighted by Gasteiger charge is -2.19. The Hall–Kier alpha value is -3.38. The first-order valence-corrected chi connectivity index (χ1v) is 10.3. The summed E-state index contributed by atoms with van der Waals surface area (Å²) < 4.78 is 5.28. The summed E-state index contributed by atoms with van der Waals surface area (Å²) in [6.07, 6.45) is 1.78. The Kier molecular flexibility index (Phi) is 5.65. The van der Waals surface area contributed by atoms with Crippen molar-refractivity contribution in [3.63, 3.8) is 0 Å². The molecule has 158 valence electrons. The van der Waals surface area contributed by atoms with Crippen LogP contribution in [0.1, 0.15) is 37.7 Å².